The molecule has 0 radical (unpaired) electrons. The van der Waals surface area contributed by atoms with Gasteiger partial charge in [0, 0.05) is 4.88 Å². The molecule has 0 unspecified atom stereocenters. The van der Waals surface area contributed by atoms with Crippen LogP contribution in [-0.4, -0.2) is 35.2 Å². The van der Waals surface area contributed by atoms with Crippen molar-refractivity contribution < 1.29 is 19.4 Å². The summed E-state index contributed by atoms with van der Waals surface area (Å²) in [6, 6.07) is 0. The third-order valence-corrected chi connectivity index (χ3v) is 2.62. The van der Waals surface area contributed by atoms with Crippen molar-refractivity contribution >= 4 is 28.4 Å². The van der Waals surface area contributed by atoms with Gasteiger partial charge in [-0.3, -0.25) is 4.79 Å². The van der Waals surface area contributed by atoms with Crippen molar-refractivity contribution in [3.8, 4) is 0 Å². The zero-order valence-corrected chi connectivity index (χ0v) is 9.76. The molecule has 7 heteroatoms. The smallest absolute Gasteiger partial charge is 0.355 e. The summed E-state index contributed by atoms with van der Waals surface area (Å²) in [5.74, 6) is -1.47. The third kappa shape index (κ3) is 3.20. The lowest BCUT2D eigenvalue weighted by atomic mass is 10.4. The molecule has 0 spiro atoms. The largest absolute Gasteiger partial charge is 0.476 e. The molecule has 88 valence electrons. The number of carbonyl (C=O) groups excluding carboxylic acids is 1. The van der Waals surface area contributed by atoms with Crippen LogP contribution in [0.4, 0.5) is 5.13 Å². The van der Waals surface area contributed by atoms with E-state index in [0.717, 1.165) is 0 Å². The molecule has 0 fully saturated rings. The van der Waals surface area contributed by atoms with Gasteiger partial charge >= 0.3 is 11.9 Å². The number of carboxylic acid groups (broad SMARTS) is 1. The van der Waals surface area contributed by atoms with Crippen LogP contribution in [0, 0.1) is 6.92 Å². The van der Waals surface area contributed by atoms with E-state index < -0.39 is 11.9 Å². The zero-order chi connectivity index (χ0) is 12.1. The summed E-state index contributed by atoms with van der Waals surface area (Å²) < 4.78 is 4.71. The number of thiazole rings is 1. The molecular weight excluding hydrogens is 232 g/mol. The highest BCUT2D eigenvalue weighted by atomic mass is 32.1. The van der Waals surface area contributed by atoms with E-state index in [0.29, 0.717) is 16.6 Å². The molecule has 1 rings (SSSR count). The van der Waals surface area contributed by atoms with Crippen LogP contribution in [0.5, 0.6) is 0 Å². The second kappa shape index (κ2) is 5.45. The Kier molecular flexibility index (Phi) is 4.24. The van der Waals surface area contributed by atoms with Gasteiger partial charge in [-0.25, -0.2) is 9.78 Å². The highest BCUT2D eigenvalue weighted by molar-refractivity contribution is 7.15. The van der Waals surface area contributed by atoms with E-state index in [2.05, 4.69) is 10.3 Å². The Morgan fingerprint density at radius 2 is 2.25 bits per heavy atom. The van der Waals surface area contributed by atoms with Crippen LogP contribution in [0.1, 0.15) is 22.3 Å². The maximum Gasteiger partial charge on any atom is 0.355 e. The van der Waals surface area contributed by atoms with Gasteiger partial charge in [0.2, 0.25) is 0 Å². The van der Waals surface area contributed by atoms with E-state index in [9.17, 15) is 9.59 Å². The van der Waals surface area contributed by atoms with Crippen LogP contribution in [0.3, 0.4) is 0 Å². The zero-order valence-electron chi connectivity index (χ0n) is 8.94. The summed E-state index contributed by atoms with van der Waals surface area (Å²) in [5.41, 5.74) is 0.0105. The van der Waals surface area contributed by atoms with Crippen LogP contribution in [0.15, 0.2) is 0 Å². The van der Waals surface area contributed by atoms with Crippen LogP contribution in [0.2, 0.25) is 0 Å². The first-order valence-corrected chi connectivity index (χ1v) is 5.46. The highest BCUT2D eigenvalue weighted by Crippen LogP contribution is 2.21. The van der Waals surface area contributed by atoms with Crippen molar-refractivity contribution in [3.05, 3.63) is 10.6 Å². The summed E-state index contributed by atoms with van der Waals surface area (Å²) in [4.78, 5) is 26.2. The Morgan fingerprint density at radius 3 is 2.75 bits per heavy atom. The summed E-state index contributed by atoms with van der Waals surface area (Å²) in [5, 5.41) is 11.9. The van der Waals surface area contributed by atoms with Crippen LogP contribution < -0.4 is 5.32 Å². The minimum atomic E-state index is -1.07. The molecule has 0 saturated carbocycles. The number of aromatic carboxylic acids is 1. The van der Waals surface area contributed by atoms with Crippen molar-refractivity contribution in [2.24, 2.45) is 0 Å². The fourth-order valence-corrected chi connectivity index (χ4v) is 1.83. The number of aromatic nitrogens is 1. The number of aryl methyl sites for hydroxylation is 1. The molecule has 0 amide bonds. The van der Waals surface area contributed by atoms with Crippen molar-refractivity contribution in [1.82, 2.24) is 4.98 Å². The number of hydrogen-bond donors (Lipinski definition) is 2. The molecule has 1 aromatic heterocycles. The van der Waals surface area contributed by atoms with Gasteiger partial charge in [0.15, 0.2) is 10.8 Å². The minimum Gasteiger partial charge on any atom is -0.476 e. The molecular formula is C9H12N2O4S. The molecule has 6 nitrogen and oxygen atoms in total. The quantitative estimate of drug-likeness (QED) is 0.755. The van der Waals surface area contributed by atoms with E-state index >= 15 is 0 Å². The van der Waals surface area contributed by atoms with Gasteiger partial charge in [0.25, 0.3) is 0 Å². The maximum absolute atomic E-state index is 11.0. The summed E-state index contributed by atoms with van der Waals surface area (Å²) in [6.45, 7) is 3.68. The normalized spacial score (nSPS) is 9.88. The van der Waals surface area contributed by atoms with Gasteiger partial charge in [-0.1, -0.05) is 0 Å². The Balaban J connectivity index is 2.58. The number of rotatable bonds is 5. The average Bonchev–Trinajstić information content (AvgIpc) is 2.57. The monoisotopic (exact) mass is 244 g/mol. The molecule has 16 heavy (non-hydrogen) atoms. The van der Waals surface area contributed by atoms with E-state index in [1.54, 1.807) is 13.8 Å². The lowest BCUT2D eigenvalue weighted by Crippen LogP contribution is -2.16. The fourth-order valence-electron chi connectivity index (χ4n) is 1.03. The summed E-state index contributed by atoms with van der Waals surface area (Å²) >= 11 is 1.19. The lowest BCUT2D eigenvalue weighted by Gasteiger charge is -2.01. The van der Waals surface area contributed by atoms with E-state index in [1.807, 2.05) is 0 Å². The van der Waals surface area contributed by atoms with E-state index in [1.165, 1.54) is 11.3 Å². The maximum atomic E-state index is 11.0. The van der Waals surface area contributed by atoms with Crippen molar-refractivity contribution in [3.63, 3.8) is 0 Å². The molecule has 2 N–H and O–H groups in total. The van der Waals surface area contributed by atoms with E-state index in [-0.39, 0.29) is 12.2 Å². The number of nitrogens with one attached hydrogen (secondary N) is 1. The van der Waals surface area contributed by atoms with Gasteiger partial charge in [0.1, 0.15) is 6.54 Å². The molecule has 0 saturated heterocycles. The van der Waals surface area contributed by atoms with E-state index in [4.69, 9.17) is 9.84 Å². The predicted molar refractivity (Wildman–Crippen MR) is 58.9 cm³/mol. The summed E-state index contributed by atoms with van der Waals surface area (Å²) in [6.07, 6.45) is 0. The second-order valence-corrected chi connectivity index (χ2v) is 4.09. The Morgan fingerprint density at radius 1 is 1.56 bits per heavy atom. The first kappa shape index (κ1) is 12.4. The molecule has 0 aliphatic rings. The van der Waals surface area contributed by atoms with Gasteiger partial charge in [0.05, 0.1) is 6.61 Å². The molecule has 1 heterocycles. The number of hydrogen-bond acceptors (Lipinski definition) is 6. The number of ether oxygens (including phenoxy) is 1. The Hall–Kier alpha value is -1.63. The minimum absolute atomic E-state index is 0.0105. The van der Waals surface area contributed by atoms with Gasteiger partial charge < -0.3 is 15.2 Å². The van der Waals surface area contributed by atoms with Crippen LogP contribution in [-0.2, 0) is 9.53 Å². The standard InChI is InChI=1S/C9H12N2O4S/c1-3-15-6(12)4-10-9-11-7(8(13)14)5(2)16-9/h3-4H2,1-2H3,(H,10,11)(H,13,14). The molecule has 0 atom stereocenters. The van der Waals surface area contributed by atoms with Gasteiger partial charge in [-0.2, -0.15) is 0 Å². The number of nitrogens with zero attached hydrogens (tertiary/aromatic N) is 1. The molecule has 0 aliphatic carbocycles. The predicted octanol–water partition coefficient (Wildman–Crippen LogP) is 1.12. The van der Waals surface area contributed by atoms with Crippen molar-refractivity contribution in [2.45, 2.75) is 13.8 Å². The third-order valence-electron chi connectivity index (χ3n) is 1.69. The topological polar surface area (TPSA) is 88.5 Å². The van der Waals surface area contributed by atoms with Crippen molar-refractivity contribution in [2.75, 3.05) is 18.5 Å². The molecule has 0 bridgehead atoms. The van der Waals surface area contributed by atoms with Crippen molar-refractivity contribution in [1.29, 1.82) is 0 Å². The van der Waals surface area contributed by atoms with Gasteiger partial charge in [-0.05, 0) is 13.8 Å². The molecule has 0 aromatic carbocycles. The lowest BCUT2D eigenvalue weighted by molar-refractivity contribution is -0.140. The Labute approximate surface area is 96.3 Å². The van der Waals surface area contributed by atoms with Crippen LogP contribution in [0.25, 0.3) is 0 Å². The first-order valence-electron chi connectivity index (χ1n) is 4.64. The second-order valence-electron chi connectivity index (χ2n) is 2.89. The summed E-state index contributed by atoms with van der Waals surface area (Å²) in [7, 11) is 0. The number of carbonyl (C=O) groups is 2. The molecule has 0 aliphatic heterocycles. The number of esters is 1. The first-order chi connectivity index (χ1) is 7.54. The number of anilines is 1. The molecule has 1 aromatic rings. The number of carboxylic acids is 1. The Bertz CT molecular complexity index is 402. The fraction of sp³-hybridized carbons (Fsp3) is 0.444. The average molecular weight is 244 g/mol. The highest BCUT2D eigenvalue weighted by Gasteiger charge is 2.14. The SMILES string of the molecule is CCOC(=O)CNc1nc(C(=O)O)c(C)s1. The van der Waals surface area contributed by atoms with Crippen LogP contribution >= 0.6 is 11.3 Å². The van der Waals surface area contributed by atoms with Gasteiger partial charge in [-0.15, -0.1) is 11.3 Å².